The van der Waals surface area contributed by atoms with Gasteiger partial charge in [0.15, 0.2) is 0 Å². The molecule has 2 rings (SSSR count). The van der Waals surface area contributed by atoms with E-state index in [9.17, 15) is 0 Å². The summed E-state index contributed by atoms with van der Waals surface area (Å²) in [7, 11) is 2.10. The monoisotopic (exact) mass is 224 g/mol. The highest BCUT2D eigenvalue weighted by Gasteiger charge is 2.31. The van der Waals surface area contributed by atoms with Crippen LogP contribution in [-0.4, -0.2) is 37.1 Å². The molecule has 2 heteroatoms. The fourth-order valence-corrected chi connectivity index (χ4v) is 3.71. The van der Waals surface area contributed by atoms with Crippen molar-refractivity contribution in [2.75, 3.05) is 20.1 Å². The first-order valence-electron chi connectivity index (χ1n) is 7.12. The van der Waals surface area contributed by atoms with Crippen molar-refractivity contribution in [1.82, 2.24) is 10.2 Å². The quantitative estimate of drug-likeness (QED) is 0.775. The molecular weight excluding hydrogens is 196 g/mol. The minimum Gasteiger partial charge on any atom is -0.317 e. The summed E-state index contributed by atoms with van der Waals surface area (Å²) in [6, 6.07) is 1.66. The van der Waals surface area contributed by atoms with Crippen molar-refractivity contribution in [3.63, 3.8) is 0 Å². The highest BCUT2D eigenvalue weighted by Crippen LogP contribution is 2.33. The fourth-order valence-electron chi connectivity index (χ4n) is 3.71. The van der Waals surface area contributed by atoms with E-state index in [-0.39, 0.29) is 0 Å². The number of piperidine rings is 1. The number of hydrogen-bond donors (Lipinski definition) is 1. The Morgan fingerprint density at radius 3 is 2.25 bits per heavy atom. The average Bonchev–Trinajstić information content (AvgIpc) is 2.29. The van der Waals surface area contributed by atoms with Crippen LogP contribution in [0, 0.1) is 11.8 Å². The van der Waals surface area contributed by atoms with Crippen molar-refractivity contribution in [2.24, 2.45) is 11.8 Å². The summed E-state index contributed by atoms with van der Waals surface area (Å²) in [6.45, 7) is 7.51. The van der Waals surface area contributed by atoms with E-state index >= 15 is 0 Å². The first kappa shape index (κ1) is 12.4. The molecule has 1 aliphatic heterocycles. The zero-order valence-corrected chi connectivity index (χ0v) is 11.2. The molecule has 1 aliphatic carbocycles. The van der Waals surface area contributed by atoms with Crippen molar-refractivity contribution < 1.29 is 0 Å². The minimum atomic E-state index is 0.772. The predicted octanol–water partition coefficient (Wildman–Crippen LogP) is 2.49. The Labute approximate surface area is 101 Å². The molecule has 1 saturated heterocycles. The summed E-state index contributed by atoms with van der Waals surface area (Å²) in [5, 5.41) is 3.42. The van der Waals surface area contributed by atoms with Crippen LogP contribution in [0.2, 0.25) is 0 Å². The maximum atomic E-state index is 3.42. The van der Waals surface area contributed by atoms with Crippen LogP contribution in [0.1, 0.15) is 46.0 Å². The van der Waals surface area contributed by atoms with E-state index in [0.717, 1.165) is 23.9 Å². The van der Waals surface area contributed by atoms with Crippen LogP contribution in [0.15, 0.2) is 0 Å². The van der Waals surface area contributed by atoms with Gasteiger partial charge in [-0.2, -0.15) is 0 Å². The second kappa shape index (κ2) is 5.50. The number of rotatable bonds is 2. The molecule has 0 spiro atoms. The molecular formula is C14H28N2. The molecule has 1 saturated carbocycles. The van der Waals surface area contributed by atoms with Gasteiger partial charge in [-0.3, -0.25) is 0 Å². The molecule has 0 aromatic heterocycles. The van der Waals surface area contributed by atoms with E-state index in [2.05, 4.69) is 31.1 Å². The van der Waals surface area contributed by atoms with E-state index in [1.807, 2.05) is 0 Å². The summed E-state index contributed by atoms with van der Waals surface area (Å²) in [6.07, 6.45) is 7.01. The molecule has 0 bridgehead atoms. The second-order valence-corrected chi connectivity index (χ2v) is 6.06. The van der Waals surface area contributed by atoms with E-state index < -0.39 is 0 Å². The van der Waals surface area contributed by atoms with E-state index in [4.69, 9.17) is 0 Å². The number of hydrogen-bond acceptors (Lipinski definition) is 2. The average molecular weight is 224 g/mol. The van der Waals surface area contributed by atoms with Crippen molar-refractivity contribution >= 4 is 0 Å². The Hall–Kier alpha value is -0.0800. The third-order valence-corrected chi connectivity index (χ3v) is 4.79. The largest absolute Gasteiger partial charge is 0.317 e. The summed E-state index contributed by atoms with van der Waals surface area (Å²) in [5.41, 5.74) is 0. The van der Waals surface area contributed by atoms with Gasteiger partial charge in [-0.15, -0.1) is 0 Å². The zero-order chi connectivity index (χ0) is 11.5. The molecule has 1 N–H and O–H groups in total. The first-order chi connectivity index (χ1) is 7.70. The Morgan fingerprint density at radius 2 is 1.69 bits per heavy atom. The summed E-state index contributed by atoms with van der Waals surface area (Å²) in [4.78, 5) is 2.77. The van der Waals surface area contributed by atoms with E-state index in [1.54, 1.807) is 0 Å². The third kappa shape index (κ3) is 2.78. The smallest absolute Gasteiger partial charge is 0.0121 e. The fraction of sp³-hybridized carbons (Fsp3) is 1.00. The Morgan fingerprint density at radius 1 is 1.00 bits per heavy atom. The van der Waals surface area contributed by atoms with Crippen LogP contribution < -0.4 is 5.32 Å². The second-order valence-electron chi connectivity index (χ2n) is 6.06. The molecule has 3 unspecified atom stereocenters. The molecule has 1 heterocycles. The lowest BCUT2D eigenvalue weighted by Crippen LogP contribution is -2.49. The normalized spacial score (nSPS) is 38.8. The van der Waals surface area contributed by atoms with Crippen LogP contribution in [-0.2, 0) is 0 Å². The topological polar surface area (TPSA) is 15.3 Å². The maximum Gasteiger partial charge on any atom is 0.0121 e. The minimum absolute atomic E-state index is 0.772. The van der Waals surface area contributed by atoms with Gasteiger partial charge >= 0.3 is 0 Å². The lowest BCUT2D eigenvalue weighted by atomic mass is 9.78. The van der Waals surface area contributed by atoms with E-state index in [0.29, 0.717) is 0 Å². The molecule has 0 aromatic carbocycles. The van der Waals surface area contributed by atoms with Crippen molar-refractivity contribution in [3.05, 3.63) is 0 Å². The molecule has 2 aliphatic rings. The number of likely N-dealkylation sites (tertiary alicyclic amines) is 1. The SMILES string of the molecule is CNC1CCN(C2CCC(C)CC2C)CC1. The number of nitrogens with zero attached hydrogens (tertiary/aromatic N) is 1. The molecule has 2 nitrogen and oxygen atoms in total. The summed E-state index contributed by atoms with van der Waals surface area (Å²) >= 11 is 0. The highest BCUT2D eigenvalue weighted by molar-refractivity contribution is 4.87. The van der Waals surface area contributed by atoms with Gasteiger partial charge in [0.05, 0.1) is 0 Å². The third-order valence-electron chi connectivity index (χ3n) is 4.79. The summed E-state index contributed by atoms with van der Waals surface area (Å²) < 4.78 is 0. The van der Waals surface area contributed by atoms with Crippen molar-refractivity contribution in [3.8, 4) is 0 Å². The maximum absolute atomic E-state index is 3.42. The zero-order valence-electron chi connectivity index (χ0n) is 11.2. The Kier molecular flexibility index (Phi) is 4.26. The Balaban J connectivity index is 1.84. The molecule has 0 radical (unpaired) electrons. The lowest BCUT2D eigenvalue weighted by Gasteiger charge is -2.43. The first-order valence-corrected chi connectivity index (χ1v) is 7.12. The van der Waals surface area contributed by atoms with Gasteiger partial charge in [-0.25, -0.2) is 0 Å². The van der Waals surface area contributed by atoms with Gasteiger partial charge < -0.3 is 10.2 Å². The molecule has 94 valence electrons. The van der Waals surface area contributed by atoms with Gasteiger partial charge in [0.25, 0.3) is 0 Å². The van der Waals surface area contributed by atoms with E-state index in [1.165, 1.54) is 45.2 Å². The van der Waals surface area contributed by atoms with Gasteiger partial charge in [0.2, 0.25) is 0 Å². The lowest BCUT2D eigenvalue weighted by molar-refractivity contribution is 0.0688. The van der Waals surface area contributed by atoms with Crippen molar-refractivity contribution in [2.45, 2.75) is 58.0 Å². The van der Waals surface area contributed by atoms with Crippen LogP contribution in [0.4, 0.5) is 0 Å². The molecule has 0 amide bonds. The van der Waals surface area contributed by atoms with Gasteiger partial charge in [-0.05, 0) is 64.1 Å². The van der Waals surface area contributed by atoms with Gasteiger partial charge in [0, 0.05) is 12.1 Å². The standard InChI is InChI=1S/C14H28N2/c1-11-4-5-14(12(2)10-11)16-8-6-13(15-3)7-9-16/h11-15H,4-10H2,1-3H3. The van der Waals surface area contributed by atoms with Crippen LogP contribution >= 0.6 is 0 Å². The highest BCUT2D eigenvalue weighted by atomic mass is 15.2. The molecule has 3 atom stereocenters. The van der Waals surface area contributed by atoms with Gasteiger partial charge in [0.1, 0.15) is 0 Å². The van der Waals surface area contributed by atoms with Gasteiger partial charge in [-0.1, -0.05) is 13.8 Å². The Bertz CT molecular complexity index is 209. The molecule has 0 aromatic rings. The molecule has 2 fully saturated rings. The predicted molar refractivity (Wildman–Crippen MR) is 69.6 cm³/mol. The van der Waals surface area contributed by atoms with Crippen LogP contribution in [0.3, 0.4) is 0 Å². The molecule has 16 heavy (non-hydrogen) atoms. The number of nitrogens with one attached hydrogen (secondary N) is 1. The van der Waals surface area contributed by atoms with Crippen LogP contribution in [0.5, 0.6) is 0 Å². The summed E-state index contributed by atoms with van der Waals surface area (Å²) in [5.74, 6) is 1.87. The van der Waals surface area contributed by atoms with Crippen molar-refractivity contribution in [1.29, 1.82) is 0 Å². The van der Waals surface area contributed by atoms with Crippen LogP contribution in [0.25, 0.3) is 0 Å².